The molecule has 0 saturated carbocycles. The van der Waals surface area contributed by atoms with Crippen molar-refractivity contribution in [2.24, 2.45) is 0 Å². The lowest BCUT2D eigenvalue weighted by atomic mass is 9.96. The van der Waals surface area contributed by atoms with Crippen molar-refractivity contribution in [1.82, 2.24) is 0 Å². The second-order valence-electron chi connectivity index (χ2n) is 7.82. The summed E-state index contributed by atoms with van der Waals surface area (Å²) < 4.78 is 5.11. The van der Waals surface area contributed by atoms with Gasteiger partial charge in [-0.25, -0.2) is 4.79 Å². The molecule has 0 saturated heterocycles. The fourth-order valence-electron chi connectivity index (χ4n) is 4.04. The zero-order valence-corrected chi connectivity index (χ0v) is 19.8. The lowest BCUT2D eigenvalue weighted by Gasteiger charge is -2.17. The van der Waals surface area contributed by atoms with E-state index in [2.05, 4.69) is 5.32 Å². The van der Waals surface area contributed by atoms with Gasteiger partial charge in [-0.15, -0.1) is 23.1 Å². The highest BCUT2D eigenvalue weighted by atomic mass is 32.2. The molecule has 166 valence electrons. The Morgan fingerprint density at radius 1 is 0.938 bits per heavy atom. The maximum atomic E-state index is 13.6. The molecule has 32 heavy (non-hydrogen) atoms. The van der Waals surface area contributed by atoms with Crippen LogP contribution < -0.4 is 5.32 Å². The normalized spacial score (nSPS) is 14.5. The van der Waals surface area contributed by atoms with Gasteiger partial charge in [-0.3, -0.25) is 4.79 Å². The van der Waals surface area contributed by atoms with Gasteiger partial charge >= 0.3 is 5.97 Å². The molecule has 0 aliphatic heterocycles. The largest absolute Gasteiger partial charge is 0.465 e. The lowest BCUT2D eigenvalue weighted by Crippen LogP contribution is -2.20. The molecule has 0 bridgehead atoms. The van der Waals surface area contributed by atoms with Gasteiger partial charge in [0.1, 0.15) is 10.3 Å². The van der Waals surface area contributed by atoms with Crippen molar-refractivity contribution in [2.45, 2.75) is 48.7 Å². The molecule has 0 spiro atoms. The van der Waals surface area contributed by atoms with Crippen molar-refractivity contribution in [3.8, 4) is 0 Å². The third kappa shape index (κ3) is 5.25. The Balaban J connectivity index is 1.67. The molecule has 1 aromatic heterocycles. The number of hydrogen-bond donors (Lipinski definition) is 1. The van der Waals surface area contributed by atoms with Gasteiger partial charge < -0.3 is 10.1 Å². The molecule has 1 amide bonds. The molecule has 4 rings (SSSR count). The second kappa shape index (κ2) is 10.8. The minimum absolute atomic E-state index is 0.135. The maximum absolute atomic E-state index is 13.6. The van der Waals surface area contributed by atoms with Gasteiger partial charge in [0.05, 0.1) is 12.7 Å². The van der Waals surface area contributed by atoms with Crippen molar-refractivity contribution in [3.63, 3.8) is 0 Å². The third-order valence-electron chi connectivity index (χ3n) is 5.64. The number of hydrogen-bond acceptors (Lipinski definition) is 5. The van der Waals surface area contributed by atoms with Gasteiger partial charge in [0.2, 0.25) is 5.91 Å². The Bertz CT molecular complexity index is 1060. The fraction of sp³-hybridized carbons (Fsp3) is 0.308. The molecule has 0 unspecified atom stereocenters. The first-order valence-corrected chi connectivity index (χ1v) is 12.7. The van der Waals surface area contributed by atoms with E-state index in [-0.39, 0.29) is 11.9 Å². The van der Waals surface area contributed by atoms with Crippen LogP contribution >= 0.6 is 23.1 Å². The molecule has 6 heteroatoms. The van der Waals surface area contributed by atoms with E-state index in [1.54, 1.807) is 0 Å². The minimum Gasteiger partial charge on any atom is -0.465 e. The fourth-order valence-corrected chi connectivity index (χ4v) is 6.36. The number of methoxy groups -OCH3 is 1. The predicted octanol–water partition coefficient (Wildman–Crippen LogP) is 6.67. The number of thioether (sulfide) groups is 1. The number of ether oxygens (including phenoxy) is 1. The van der Waals surface area contributed by atoms with Gasteiger partial charge in [0.15, 0.2) is 0 Å². The molecule has 1 aliphatic rings. The minimum atomic E-state index is -0.436. The van der Waals surface area contributed by atoms with Crippen LogP contribution in [0, 0.1) is 0 Å². The Kier molecular flexibility index (Phi) is 7.66. The summed E-state index contributed by atoms with van der Waals surface area (Å²) in [6, 6.07) is 19.7. The second-order valence-corrected chi connectivity index (χ2v) is 10.1. The van der Waals surface area contributed by atoms with Gasteiger partial charge in [-0.2, -0.15) is 0 Å². The number of carbonyl (C=O) groups excluding carboxylic acids is 2. The van der Waals surface area contributed by atoms with Crippen LogP contribution in [0.5, 0.6) is 0 Å². The van der Waals surface area contributed by atoms with E-state index in [0.717, 1.165) is 41.7 Å². The molecular weight excluding hydrogens is 438 g/mol. The Morgan fingerprint density at radius 3 is 2.28 bits per heavy atom. The van der Waals surface area contributed by atoms with E-state index < -0.39 is 5.25 Å². The van der Waals surface area contributed by atoms with Crippen LogP contribution in [0.4, 0.5) is 5.00 Å². The van der Waals surface area contributed by atoms with Crippen LogP contribution in [0.25, 0.3) is 0 Å². The van der Waals surface area contributed by atoms with Crippen LogP contribution in [0.15, 0.2) is 65.6 Å². The van der Waals surface area contributed by atoms with Crippen molar-refractivity contribution in [1.29, 1.82) is 0 Å². The first-order chi connectivity index (χ1) is 15.7. The predicted molar refractivity (Wildman–Crippen MR) is 132 cm³/mol. The van der Waals surface area contributed by atoms with E-state index in [9.17, 15) is 9.59 Å². The lowest BCUT2D eigenvalue weighted by molar-refractivity contribution is -0.115. The molecule has 4 nitrogen and oxygen atoms in total. The van der Waals surface area contributed by atoms with Crippen molar-refractivity contribution < 1.29 is 14.3 Å². The highest BCUT2D eigenvalue weighted by molar-refractivity contribution is 8.00. The first-order valence-electron chi connectivity index (χ1n) is 11.0. The van der Waals surface area contributed by atoms with Crippen LogP contribution in [0.3, 0.4) is 0 Å². The number of anilines is 1. The molecule has 1 N–H and O–H groups in total. The quantitative estimate of drug-likeness (QED) is 0.326. The highest BCUT2D eigenvalue weighted by Gasteiger charge is 2.29. The van der Waals surface area contributed by atoms with E-state index in [4.69, 9.17) is 4.74 Å². The Labute approximate surface area is 197 Å². The summed E-state index contributed by atoms with van der Waals surface area (Å²) in [4.78, 5) is 28.5. The first kappa shape index (κ1) is 22.6. The van der Waals surface area contributed by atoms with Gasteiger partial charge in [0, 0.05) is 9.77 Å². The van der Waals surface area contributed by atoms with E-state index in [1.807, 2.05) is 60.7 Å². The molecule has 1 atom stereocenters. The van der Waals surface area contributed by atoms with Crippen LogP contribution in [-0.2, 0) is 22.4 Å². The number of esters is 1. The SMILES string of the molecule is COC(=O)c1c(NC(=O)[C@@H](Sc2ccccc2)c2ccccc2)sc2c1CCCCCC2. The molecule has 0 fully saturated rings. The molecule has 2 aromatic carbocycles. The zero-order valence-electron chi connectivity index (χ0n) is 18.1. The molecular formula is C26H27NO3S2. The molecule has 0 radical (unpaired) electrons. The summed E-state index contributed by atoms with van der Waals surface area (Å²) in [5.74, 6) is -0.505. The number of thiophene rings is 1. The average Bonchev–Trinajstić information content (AvgIpc) is 3.13. The Hall–Kier alpha value is -2.57. The van der Waals surface area contributed by atoms with E-state index in [1.165, 1.54) is 47.9 Å². The summed E-state index contributed by atoms with van der Waals surface area (Å²) in [6.07, 6.45) is 6.33. The van der Waals surface area contributed by atoms with Crippen molar-refractivity contribution in [2.75, 3.05) is 12.4 Å². The van der Waals surface area contributed by atoms with E-state index in [0.29, 0.717) is 10.6 Å². The van der Waals surface area contributed by atoms with Crippen LogP contribution in [0.1, 0.15) is 57.3 Å². The zero-order chi connectivity index (χ0) is 22.3. The summed E-state index contributed by atoms with van der Waals surface area (Å²) in [7, 11) is 1.40. The summed E-state index contributed by atoms with van der Waals surface area (Å²) >= 11 is 3.04. The maximum Gasteiger partial charge on any atom is 0.341 e. The number of nitrogens with one attached hydrogen (secondary N) is 1. The number of amides is 1. The van der Waals surface area contributed by atoms with Crippen LogP contribution in [0.2, 0.25) is 0 Å². The average molecular weight is 466 g/mol. The van der Waals surface area contributed by atoms with Crippen molar-refractivity contribution in [3.05, 3.63) is 82.2 Å². The van der Waals surface area contributed by atoms with Gasteiger partial charge in [0.25, 0.3) is 0 Å². The third-order valence-corrected chi connectivity index (χ3v) is 8.11. The number of aryl methyl sites for hydroxylation is 1. The number of fused-ring (bicyclic) bond motifs is 1. The molecule has 1 aliphatic carbocycles. The molecule has 1 heterocycles. The number of carbonyl (C=O) groups is 2. The summed E-state index contributed by atoms with van der Waals surface area (Å²) in [6.45, 7) is 0. The standard InChI is InChI=1S/C26H27NO3S2/c1-30-26(29)22-20-16-10-2-3-11-17-21(20)32-25(22)27-24(28)23(18-12-6-4-7-13-18)31-19-14-8-5-9-15-19/h4-9,12-15,23H,2-3,10-11,16-17H2,1H3,(H,27,28)/t23-/m0/s1. The smallest absolute Gasteiger partial charge is 0.341 e. The monoisotopic (exact) mass is 465 g/mol. The molecule has 3 aromatic rings. The van der Waals surface area contributed by atoms with Crippen LogP contribution in [-0.4, -0.2) is 19.0 Å². The Morgan fingerprint density at radius 2 is 1.59 bits per heavy atom. The summed E-state index contributed by atoms with van der Waals surface area (Å²) in [5, 5.41) is 3.28. The van der Waals surface area contributed by atoms with Gasteiger partial charge in [-0.1, -0.05) is 61.4 Å². The van der Waals surface area contributed by atoms with Gasteiger partial charge in [-0.05, 0) is 48.9 Å². The van der Waals surface area contributed by atoms with Crippen molar-refractivity contribution >= 4 is 40.0 Å². The van der Waals surface area contributed by atoms with E-state index >= 15 is 0 Å². The summed E-state index contributed by atoms with van der Waals surface area (Å²) in [5.41, 5.74) is 2.52. The highest BCUT2D eigenvalue weighted by Crippen LogP contribution is 2.40. The number of benzene rings is 2. The topological polar surface area (TPSA) is 55.4 Å². The number of rotatable bonds is 6.